The molecule has 6 heteroatoms. The quantitative estimate of drug-likeness (QED) is 0.799. The minimum atomic E-state index is -0.558. The fourth-order valence-corrected chi connectivity index (χ4v) is 4.48. The number of carbonyl (C=O) groups is 2. The summed E-state index contributed by atoms with van der Waals surface area (Å²) in [7, 11) is 0. The van der Waals surface area contributed by atoms with Crippen LogP contribution in [0.1, 0.15) is 41.6 Å². The molecule has 0 bridgehead atoms. The number of halogens is 1. The van der Waals surface area contributed by atoms with Crippen molar-refractivity contribution in [3.05, 3.63) is 59.7 Å². The number of carbonyl (C=O) groups excluding carboxylic acids is 2. The van der Waals surface area contributed by atoms with E-state index in [4.69, 9.17) is 0 Å². The molecule has 2 amide bonds. The van der Waals surface area contributed by atoms with Crippen molar-refractivity contribution in [2.24, 2.45) is 5.41 Å². The molecule has 0 N–H and O–H groups in total. The summed E-state index contributed by atoms with van der Waals surface area (Å²) in [6, 6.07) is 7.90. The number of piperidine rings is 2. The van der Waals surface area contributed by atoms with E-state index >= 15 is 0 Å². The van der Waals surface area contributed by atoms with Gasteiger partial charge in [0, 0.05) is 37.7 Å². The van der Waals surface area contributed by atoms with Gasteiger partial charge >= 0.3 is 0 Å². The molecular weight excluding hydrogens is 357 g/mol. The van der Waals surface area contributed by atoms with Gasteiger partial charge in [0.2, 0.25) is 5.91 Å². The Kier molecular flexibility index (Phi) is 4.87. The molecule has 2 aliphatic rings. The maximum atomic E-state index is 13.4. The molecule has 0 saturated carbocycles. The van der Waals surface area contributed by atoms with Crippen LogP contribution in [0.2, 0.25) is 0 Å². The zero-order valence-corrected chi connectivity index (χ0v) is 16.0. The molecule has 1 unspecified atom stereocenters. The number of likely N-dealkylation sites (tertiary alicyclic amines) is 1. The second-order valence-corrected chi connectivity index (χ2v) is 7.90. The monoisotopic (exact) mass is 381 g/mol. The Balaban J connectivity index is 1.57. The minimum Gasteiger partial charge on any atom is -0.338 e. The van der Waals surface area contributed by atoms with Crippen molar-refractivity contribution in [3.63, 3.8) is 0 Å². The Hall–Kier alpha value is -2.76. The summed E-state index contributed by atoms with van der Waals surface area (Å²) in [5.41, 5.74) is 1.67. The Morgan fingerprint density at radius 2 is 1.82 bits per heavy atom. The van der Waals surface area contributed by atoms with Gasteiger partial charge in [-0.1, -0.05) is 0 Å². The molecule has 1 aromatic carbocycles. The van der Waals surface area contributed by atoms with Gasteiger partial charge in [-0.25, -0.2) is 4.39 Å². The average Bonchev–Trinajstić information content (AvgIpc) is 2.71. The molecule has 4 rings (SSSR count). The molecule has 28 heavy (non-hydrogen) atoms. The Morgan fingerprint density at radius 1 is 1.11 bits per heavy atom. The average molecular weight is 381 g/mol. The lowest BCUT2D eigenvalue weighted by atomic mass is 9.72. The Labute approximate surface area is 164 Å². The van der Waals surface area contributed by atoms with Crippen molar-refractivity contribution >= 4 is 17.5 Å². The van der Waals surface area contributed by atoms with Crippen molar-refractivity contribution in [2.45, 2.75) is 32.6 Å². The van der Waals surface area contributed by atoms with Crippen LogP contribution in [0.5, 0.6) is 0 Å². The molecule has 1 spiro atoms. The molecule has 2 saturated heterocycles. The van der Waals surface area contributed by atoms with Crippen LogP contribution in [-0.4, -0.2) is 41.3 Å². The SMILES string of the molecule is Cc1cncc(C(=O)N2CCCC3(CCCN(c4ccc(F)cc4)C3=O)C2)c1. The third-order valence-electron chi connectivity index (χ3n) is 5.86. The molecule has 2 fully saturated rings. The zero-order chi connectivity index (χ0) is 19.7. The fourth-order valence-electron chi connectivity index (χ4n) is 4.48. The first kappa shape index (κ1) is 18.6. The van der Waals surface area contributed by atoms with Crippen LogP contribution in [0.15, 0.2) is 42.7 Å². The van der Waals surface area contributed by atoms with E-state index in [0.29, 0.717) is 25.2 Å². The highest BCUT2D eigenvalue weighted by Crippen LogP contribution is 2.41. The third kappa shape index (κ3) is 3.39. The normalized spacial score (nSPS) is 22.6. The van der Waals surface area contributed by atoms with E-state index in [2.05, 4.69) is 4.98 Å². The minimum absolute atomic E-state index is 0.0465. The van der Waals surface area contributed by atoms with E-state index in [1.54, 1.807) is 34.3 Å². The number of amides is 2. The Morgan fingerprint density at radius 3 is 2.54 bits per heavy atom. The van der Waals surface area contributed by atoms with Crippen molar-refractivity contribution in [3.8, 4) is 0 Å². The van der Waals surface area contributed by atoms with E-state index in [1.807, 2.05) is 13.0 Å². The largest absolute Gasteiger partial charge is 0.338 e. The lowest BCUT2D eigenvalue weighted by Crippen LogP contribution is -2.57. The van der Waals surface area contributed by atoms with Crippen molar-refractivity contribution in [1.82, 2.24) is 9.88 Å². The van der Waals surface area contributed by atoms with Gasteiger partial charge in [0.1, 0.15) is 5.82 Å². The Bertz CT molecular complexity index is 895. The summed E-state index contributed by atoms with van der Waals surface area (Å²) >= 11 is 0. The van der Waals surface area contributed by atoms with E-state index in [1.165, 1.54) is 12.1 Å². The van der Waals surface area contributed by atoms with Crippen molar-refractivity contribution in [1.29, 1.82) is 0 Å². The van der Waals surface area contributed by atoms with Crippen molar-refractivity contribution < 1.29 is 14.0 Å². The van der Waals surface area contributed by atoms with E-state index in [-0.39, 0.29) is 17.6 Å². The molecular formula is C22H24FN3O2. The van der Waals surface area contributed by atoms with Crippen LogP contribution in [0.25, 0.3) is 0 Å². The predicted octanol–water partition coefficient (Wildman–Crippen LogP) is 3.58. The molecule has 2 aliphatic heterocycles. The third-order valence-corrected chi connectivity index (χ3v) is 5.86. The summed E-state index contributed by atoms with van der Waals surface area (Å²) in [5.74, 6) is -0.337. The summed E-state index contributed by atoms with van der Waals surface area (Å²) in [6.45, 7) is 3.61. The molecule has 2 aromatic rings. The lowest BCUT2D eigenvalue weighted by Gasteiger charge is -2.47. The highest BCUT2D eigenvalue weighted by atomic mass is 19.1. The highest BCUT2D eigenvalue weighted by Gasteiger charge is 2.47. The van der Waals surface area contributed by atoms with Crippen LogP contribution >= 0.6 is 0 Å². The molecule has 5 nitrogen and oxygen atoms in total. The number of pyridine rings is 1. The predicted molar refractivity (Wildman–Crippen MR) is 105 cm³/mol. The van der Waals surface area contributed by atoms with Gasteiger partial charge in [0.05, 0.1) is 11.0 Å². The maximum Gasteiger partial charge on any atom is 0.255 e. The van der Waals surface area contributed by atoms with E-state index in [9.17, 15) is 14.0 Å². The smallest absolute Gasteiger partial charge is 0.255 e. The first-order valence-corrected chi connectivity index (χ1v) is 9.77. The summed E-state index contributed by atoms with van der Waals surface area (Å²) in [6.07, 6.45) is 6.54. The number of hydrogen-bond donors (Lipinski definition) is 0. The first-order valence-electron chi connectivity index (χ1n) is 9.77. The van der Waals surface area contributed by atoms with Gasteiger partial charge in [-0.3, -0.25) is 14.6 Å². The van der Waals surface area contributed by atoms with Gasteiger partial charge in [-0.05, 0) is 68.5 Å². The number of hydrogen-bond acceptors (Lipinski definition) is 3. The molecule has 1 atom stereocenters. The second-order valence-electron chi connectivity index (χ2n) is 7.90. The number of nitrogens with zero attached hydrogens (tertiary/aromatic N) is 3. The van der Waals surface area contributed by atoms with Gasteiger partial charge in [0.25, 0.3) is 5.91 Å². The molecule has 0 aliphatic carbocycles. The molecule has 3 heterocycles. The van der Waals surface area contributed by atoms with Crippen LogP contribution in [-0.2, 0) is 4.79 Å². The maximum absolute atomic E-state index is 13.4. The van der Waals surface area contributed by atoms with E-state index in [0.717, 1.165) is 36.9 Å². The standard InChI is InChI=1S/C22H24FN3O2/c1-16-12-17(14-24-13-16)20(27)25-10-2-8-22(15-25)9-3-11-26(21(22)28)19-6-4-18(23)5-7-19/h4-7,12-14H,2-3,8-11,15H2,1H3. The number of rotatable bonds is 2. The second kappa shape index (κ2) is 7.34. The van der Waals surface area contributed by atoms with Gasteiger partial charge in [-0.2, -0.15) is 0 Å². The first-order chi connectivity index (χ1) is 13.5. The number of anilines is 1. The zero-order valence-electron chi connectivity index (χ0n) is 16.0. The number of aromatic nitrogens is 1. The summed E-state index contributed by atoms with van der Waals surface area (Å²) in [4.78, 5) is 34.1. The van der Waals surface area contributed by atoms with Gasteiger partial charge in [-0.15, -0.1) is 0 Å². The number of aryl methyl sites for hydroxylation is 1. The highest BCUT2D eigenvalue weighted by molar-refractivity contribution is 6.00. The van der Waals surface area contributed by atoms with Crippen LogP contribution in [0.3, 0.4) is 0 Å². The molecule has 146 valence electrons. The number of benzene rings is 1. The summed E-state index contributed by atoms with van der Waals surface area (Å²) in [5, 5.41) is 0. The lowest BCUT2D eigenvalue weighted by molar-refractivity contribution is -0.133. The van der Waals surface area contributed by atoms with Gasteiger partial charge < -0.3 is 9.80 Å². The molecule has 1 aromatic heterocycles. The van der Waals surface area contributed by atoms with E-state index < -0.39 is 5.41 Å². The topological polar surface area (TPSA) is 53.5 Å². The van der Waals surface area contributed by atoms with Crippen LogP contribution in [0, 0.1) is 18.2 Å². The van der Waals surface area contributed by atoms with Crippen LogP contribution < -0.4 is 4.90 Å². The fraction of sp³-hybridized carbons (Fsp3) is 0.409. The summed E-state index contributed by atoms with van der Waals surface area (Å²) < 4.78 is 13.3. The van der Waals surface area contributed by atoms with Gasteiger partial charge in [0.15, 0.2) is 0 Å². The van der Waals surface area contributed by atoms with Crippen LogP contribution in [0.4, 0.5) is 10.1 Å². The molecule has 0 radical (unpaired) electrons. The van der Waals surface area contributed by atoms with Crippen molar-refractivity contribution in [2.75, 3.05) is 24.5 Å².